The minimum atomic E-state index is -0.913. The first kappa shape index (κ1) is 8.97. The van der Waals surface area contributed by atoms with Gasteiger partial charge in [0, 0.05) is 0 Å². The maximum Gasteiger partial charge on any atom is 0.309 e. The van der Waals surface area contributed by atoms with Crippen molar-refractivity contribution in [3.05, 3.63) is 0 Å². The summed E-state index contributed by atoms with van der Waals surface area (Å²) in [7, 11) is 0. The number of carbonyl (C=O) groups is 1. The quantitative estimate of drug-likeness (QED) is 0.618. The van der Waals surface area contributed by atoms with E-state index in [-0.39, 0.29) is 11.9 Å². The van der Waals surface area contributed by atoms with E-state index < -0.39 is 12.3 Å². The van der Waals surface area contributed by atoms with Crippen molar-refractivity contribution in [3.8, 4) is 0 Å². The molecule has 2 saturated carbocycles. The van der Waals surface area contributed by atoms with E-state index in [0.29, 0.717) is 12.8 Å². The predicted octanol–water partition coefficient (Wildman–Crippen LogP) is 2.22. The molecule has 2 aliphatic rings. The molecule has 2 aliphatic carbocycles. The Balaban J connectivity index is 1.79. The number of halogens is 1. The molecule has 3 heteroatoms. The fraction of sp³-hybridized carbons (Fsp3) is 0.900. The summed E-state index contributed by atoms with van der Waals surface area (Å²) in [6, 6.07) is 0. The van der Waals surface area contributed by atoms with Gasteiger partial charge in [-0.1, -0.05) is 6.42 Å². The van der Waals surface area contributed by atoms with Crippen LogP contribution in [0.4, 0.5) is 4.39 Å². The largest absolute Gasteiger partial charge is 0.459 e. The van der Waals surface area contributed by atoms with Crippen molar-refractivity contribution in [1.82, 2.24) is 0 Å². The Kier molecular flexibility index (Phi) is 2.51. The molecule has 0 aromatic carbocycles. The predicted molar refractivity (Wildman–Crippen MR) is 46.0 cm³/mol. The van der Waals surface area contributed by atoms with Crippen LogP contribution in [0, 0.1) is 5.92 Å². The molecule has 0 N–H and O–H groups in total. The normalized spacial score (nSPS) is 34.2. The van der Waals surface area contributed by atoms with E-state index in [1.165, 1.54) is 0 Å². The smallest absolute Gasteiger partial charge is 0.309 e. The molecule has 2 atom stereocenters. The van der Waals surface area contributed by atoms with E-state index in [2.05, 4.69) is 0 Å². The van der Waals surface area contributed by atoms with Crippen LogP contribution in [0.2, 0.25) is 0 Å². The third kappa shape index (κ3) is 1.84. The van der Waals surface area contributed by atoms with E-state index in [4.69, 9.17) is 4.74 Å². The summed E-state index contributed by atoms with van der Waals surface area (Å²) in [4.78, 5) is 11.3. The van der Waals surface area contributed by atoms with E-state index in [9.17, 15) is 9.18 Å². The molecule has 74 valence electrons. The summed E-state index contributed by atoms with van der Waals surface area (Å²) < 4.78 is 18.2. The van der Waals surface area contributed by atoms with E-state index in [1.807, 2.05) is 0 Å². The highest BCUT2D eigenvalue weighted by Crippen LogP contribution is 2.31. The molecule has 2 fully saturated rings. The molecule has 0 bridgehead atoms. The van der Waals surface area contributed by atoms with Gasteiger partial charge in [-0.15, -0.1) is 0 Å². The standard InChI is InChI=1S/C10H15FO2/c11-8-5-2-6-9(8)13-10(12)7-3-1-4-7/h7-9H,1-6H2/t8-,9-/m0/s1. The van der Waals surface area contributed by atoms with Crippen LogP contribution >= 0.6 is 0 Å². The zero-order chi connectivity index (χ0) is 9.26. The number of rotatable bonds is 2. The Hall–Kier alpha value is -0.600. The Morgan fingerprint density at radius 1 is 1.15 bits per heavy atom. The van der Waals surface area contributed by atoms with Crippen molar-refractivity contribution in [1.29, 1.82) is 0 Å². The molecule has 0 aromatic heterocycles. The van der Waals surface area contributed by atoms with Gasteiger partial charge in [-0.05, 0) is 32.1 Å². The van der Waals surface area contributed by atoms with E-state index in [1.54, 1.807) is 0 Å². The molecular weight excluding hydrogens is 171 g/mol. The second-order valence-electron chi connectivity index (χ2n) is 4.05. The van der Waals surface area contributed by atoms with Crippen LogP contribution in [0.5, 0.6) is 0 Å². The Morgan fingerprint density at radius 3 is 2.31 bits per heavy atom. The third-order valence-electron chi connectivity index (χ3n) is 3.08. The Bertz CT molecular complexity index is 201. The van der Waals surface area contributed by atoms with Crippen molar-refractivity contribution in [3.63, 3.8) is 0 Å². The Morgan fingerprint density at radius 2 is 1.85 bits per heavy atom. The second-order valence-corrected chi connectivity index (χ2v) is 4.05. The van der Waals surface area contributed by atoms with Crippen LogP contribution in [0.1, 0.15) is 38.5 Å². The summed E-state index contributed by atoms with van der Waals surface area (Å²) in [6.07, 6.45) is 3.75. The summed E-state index contributed by atoms with van der Waals surface area (Å²) in [5.74, 6) is -0.0893. The number of ether oxygens (including phenoxy) is 1. The fourth-order valence-electron chi connectivity index (χ4n) is 1.90. The van der Waals surface area contributed by atoms with Crippen LogP contribution in [0.15, 0.2) is 0 Å². The maximum absolute atomic E-state index is 13.1. The monoisotopic (exact) mass is 186 g/mol. The molecule has 2 rings (SSSR count). The van der Waals surface area contributed by atoms with Gasteiger partial charge in [0.15, 0.2) is 0 Å². The SMILES string of the molecule is O=C(O[C@H]1CCC[C@@H]1F)C1CCC1. The van der Waals surface area contributed by atoms with Gasteiger partial charge >= 0.3 is 5.97 Å². The average Bonchev–Trinajstić information content (AvgIpc) is 2.32. The summed E-state index contributed by atoms with van der Waals surface area (Å²) in [6.45, 7) is 0. The Labute approximate surface area is 77.5 Å². The summed E-state index contributed by atoms with van der Waals surface area (Å²) in [5, 5.41) is 0. The minimum Gasteiger partial charge on any atom is -0.459 e. The van der Waals surface area contributed by atoms with Crippen molar-refractivity contribution in [2.45, 2.75) is 50.8 Å². The van der Waals surface area contributed by atoms with Gasteiger partial charge in [0.05, 0.1) is 5.92 Å². The number of hydrogen-bond donors (Lipinski definition) is 0. The molecule has 0 radical (unpaired) electrons. The summed E-state index contributed by atoms with van der Waals surface area (Å²) in [5.41, 5.74) is 0. The van der Waals surface area contributed by atoms with Gasteiger partial charge in [0.1, 0.15) is 12.3 Å². The van der Waals surface area contributed by atoms with Crippen molar-refractivity contribution >= 4 is 5.97 Å². The number of carbonyl (C=O) groups excluding carboxylic acids is 1. The number of esters is 1. The lowest BCUT2D eigenvalue weighted by Gasteiger charge is -2.25. The first-order valence-corrected chi connectivity index (χ1v) is 5.12. The van der Waals surface area contributed by atoms with Crippen LogP contribution in [-0.4, -0.2) is 18.2 Å². The van der Waals surface area contributed by atoms with Crippen LogP contribution in [0.3, 0.4) is 0 Å². The van der Waals surface area contributed by atoms with Gasteiger partial charge in [-0.3, -0.25) is 4.79 Å². The minimum absolute atomic E-state index is 0.0767. The number of alkyl halides is 1. The molecule has 13 heavy (non-hydrogen) atoms. The third-order valence-corrected chi connectivity index (χ3v) is 3.08. The lowest BCUT2D eigenvalue weighted by Crippen LogP contribution is -2.30. The van der Waals surface area contributed by atoms with Gasteiger partial charge in [0.25, 0.3) is 0 Å². The van der Waals surface area contributed by atoms with Gasteiger partial charge in [0.2, 0.25) is 0 Å². The van der Waals surface area contributed by atoms with E-state index >= 15 is 0 Å². The molecule has 0 heterocycles. The molecule has 0 amide bonds. The highest BCUT2D eigenvalue weighted by atomic mass is 19.1. The van der Waals surface area contributed by atoms with Crippen LogP contribution < -0.4 is 0 Å². The topological polar surface area (TPSA) is 26.3 Å². The molecule has 0 aliphatic heterocycles. The van der Waals surface area contributed by atoms with Gasteiger partial charge in [-0.25, -0.2) is 4.39 Å². The zero-order valence-electron chi connectivity index (χ0n) is 7.67. The van der Waals surface area contributed by atoms with Crippen molar-refractivity contribution in [2.75, 3.05) is 0 Å². The number of hydrogen-bond acceptors (Lipinski definition) is 2. The lowest BCUT2D eigenvalue weighted by atomic mass is 9.86. The van der Waals surface area contributed by atoms with Gasteiger partial charge in [-0.2, -0.15) is 0 Å². The first-order valence-electron chi connectivity index (χ1n) is 5.12. The molecular formula is C10H15FO2. The maximum atomic E-state index is 13.1. The molecule has 2 nitrogen and oxygen atoms in total. The van der Waals surface area contributed by atoms with Crippen LogP contribution in [0.25, 0.3) is 0 Å². The van der Waals surface area contributed by atoms with Crippen molar-refractivity contribution < 1.29 is 13.9 Å². The fourth-order valence-corrected chi connectivity index (χ4v) is 1.90. The summed E-state index contributed by atoms with van der Waals surface area (Å²) >= 11 is 0. The first-order chi connectivity index (χ1) is 6.27. The van der Waals surface area contributed by atoms with E-state index in [0.717, 1.165) is 25.7 Å². The lowest BCUT2D eigenvalue weighted by molar-refractivity contribution is -0.159. The average molecular weight is 186 g/mol. The molecule has 0 saturated heterocycles. The molecule has 0 spiro atoms. The highest BCUT2D eigenvalue weighted by Gasteiger charge is 2.34. The van der Waals surface area contributed by atoms with Crippen molar-refractivity contribution in [2.24, 2.45) is 5.92 Å². The zero-order valence-corrected chi connectivity index (χ0v) is 7.67. The molecule has 0 unspecified atom stereocenters. The molecule has 0 aromatic rings. The second kappa shape index (κ2) is 3.64. The van der Waals surface area contributed by atoms with Gasteiger partial charge < -0.3 is 4.74 Å². The highest BCUT2D eigenvalue weighted by molar-refractivity contribution is 5.73. The van der Waals surface area contributed by atoms with Crippen LogP contribution in [-0.2, 0) is 9.53 Å².